The van der Waals surface area contributed by atoms with Crippen LogP contribution in [0.25, 0.3) is 6.08 Å². The van der Waals surface area contributed by atoms with E-state index < -0.39 is 11.8 Å². The molecule has 220 valence electrons. The van der Waals surface area contributed by atoms with Gasteiger partial charge in [0, 0.05) is 26.3 Å². The third kappa shape index (κ3) is 8.92. The molecule has 0 aliphatic rings. The first-order valence-electron chi connectivity index (χ1n) is 14.1. The molecule has 0 aliphatic carbocycles. The normalized spacial score (nSPS) is 11.9. The summed E-state index contributed by atoms with van der Waals surface area (Å²) in [4.78, 5) is 40.6. The van der Waals surface area contributed by atoms with Crippen LogP contribution in [0.15, 0.2) is 112 Å². The fourth-order valence-corrected chi connectivity index (χ4v) is 5.87. The number of halogens is 1. The molecule has 6 nitrogen and oxygen atoms in total. The van der Waals surface area contributed by atoms with Gasteiger partial charge in [-0.2, -0.15) is 0 Å². The Morgan fingerprint density at radius 1 is 0.860 bits per heavy atom. The predicted molar refractivity (Wildman–Crippen MR) is 180 cm³/mol. The number of rotatable bonds is 11. The highest BCUT2D eigenvalue weighted by Gasteiger charge is 2.21. The molecule has 0 aromatic heterocycles. The first kappa shape index (κ1) is 31.8. The third-order valence-electron chi connectivity index (χ3n) is 6.71. The van der Waals surface area contributed by atoms with Crippen LogP contribution in [0.4, 0.5) is 11.4 Å². The number of amides is 3. The Kier molecular flexibility index (Phi) is 11.4. The van der Waals surface area contributed by atoms with Gasteiger partial charge in [0.25, 0.3) is 11.8 Å². The van der Waals surface area contributed by atoms with E-state index in [0.29, 0.717) is 17.7 Å². The van der Waals surface area contributed by atoms with Gasteiger partial charge in [0.05, 0.1) is 5.25 Å². The summed E-state index contributed by atoms with van der Waals surface area (Å²) >= 11 is 4.90. The van der Waals surface area contributed by atoms with E-state index in [0.717, 1.165) is 38.2 Å². The smallest absolute Gasteiger partial charge is 0.272 e. The van der Waals surface area contributed by atoms with E-state index >= 15 is 0 Å². The Hall–Kier alpha value is -4.14. The van der Waals surface area contributed by atoms with Crippen molar-refractivity contribution in [2.45, 2.75) is 43.8 Å². The van der Waals surface area contributed by atoms with Crippen molar-refractivity contribution in [3.63, 3.8) is 0 Å². The van der Waals surface area contributed by atoms with Crippen LogP contribution in [0.5, 0.6) is 0 Å². The number of hydrogen-bond donors (Lipinski definition) is 3. The lowest BCUT2D eigenvalue weighted by Crippen LogP contribution is -2.30. The number of thioether (sulfide) groups is 1. The molecule has 0 aliphatic heterocycles. The molecule has 1 atom stereocenters. The summed E-state index contributed by atoms with van der Waals surface area (Å²) in [7, 11) is 0. The molecule has 0 radical (unpaired) electrons. The van der Waals surface area contributed by atoms with E-state index in [1.807, 2.05) is 80.6 Å². The minimum atomic E-state index is -0.470. The highest BCUT2D eigenvalue weighted by Crippen LogP contribution is 2.30. The van der Waals surface area contributed by atoms with Crippen molar-refractivity contribution in [3.05, 3.63) is 129 Å². The van der Waals surface area contributed by atoms with Crippen molar-refractivity contribution in [1.29, 1.82) is 0 Å². The largest absolute Gasteiger partial charge is 0.325 e. The Balaban J connectivity index is 1.51. The zero-order chi connectivity index (χ0) is 30.8. The second-order valence-electron chi connectivity index (χ2n) is 9.88. The average Bonchev–Trinajstić information content (AvgIpc) is 3.01. The Labute approximate surface area is 265 Å². The molecular weight excluding hydrogens is 622 g/mol. The van der Waals surface area contributed by atoms with Crippen LogP contribution >= 0.6 is 27.7 Å². The molecule has 0 bridgehead atoms. The number of hydrogen-bond acceptors (Lipinski definition) is 4. The molecule has 0 fully saturated rings. The second kappa shape index (κ2) is 15.4. The average molecular weight is 657 g/mol. The first-order valence-corrected chi connectivity index (χ1v) is 15.8. The van der Waals surface area contributed by atoms with E-state index in [1.54, 1.807) is 36.4 Å². The number of carbonyl (C=O) groups excluding carboxylic acids is 3. The van der Waals surface area contributed by atoms with E-state index in [4.69, 9.17) is 0 Å². The molecule has 4 aromatic rings. The lowest BCUT2D eigenvalue weighted by atomic mass is 10.1. The van der Waals surface area contributed by atoms with Crippen LogP contribution in [-0.4, -0.2) is 23.0 Å². The molecule has 4 rings (SSSR count). The molecule has 0 saturated heterocycles. The van der Waals surface area contributed by atoms with Gasteiger partial charge in [-0.1, -0.05) is 84.4 Å². The number of benzene rings is 4. The Bertz CT molecular complexity index is 1640. The molecule has 1 unspecified atom stereocenters. The summed E-state index contributed by atoms with van der Waals surface area (Å²) in [5.41, 5.74) is 4.83. The van der Waals surface area contributed by atoms with Crippen LogP contribution in [0.2, 0.25) is 0 Å². The Morgan fingerprint density at radius 2 is 1.60 bits per heavy atom. The van der Waals surface area contributed by atoms with E-state index in [1.165, 1.54) is 11.8 Å². The van der Waals surface area contributed by atoms with E-state index in [-0.39, 0.29) is 16.9 Å². The molecule has 0 saturated carbocycles. The highest BCUT2D eigenvalue weighted by atomic mass is 79.9. The number of aryl methyl sites for hydroxylation is 2. The molecule has 3 amide bonds. The summed E-state index contributed by atoms with van der Waals surface area (Å²) in [5.74, 6) is -0.922. The highest BCUT2D eigenvalue weighted by molar-refractivity contribution is 9.10. The molecular formula is C35H34BrN3O3S. The molecule has 8 heteroatoms. The van der Waals surface area contributed by atoms with Gasteiger partial charge in [-0.15, -0.1) is 11.8 Å². The second-order valence-corrected chi connectivity index (χ2v) is 12.1. The zero-order valence-electron chi connectivity index (χ0n) is 24.3. The predicted octanol–water partition coefficient (Wildman–Crippen LogP) is 8.24. The molecule has 43 heavy (non-hydrogen) atoms. The van der Waals surface area contributed by atoms with E-state index in [9.17, 15) is 14.4 Å². The van der Waals surface area contributed by atoms with Crippen molar-refractivity contribution >= 4 is 62.9 Å². The van der Waals surface area contributed by atoms with Gasteiger partial charge in [-0.05, 0) is 85.0 Å². The topological polar surface area (TPSA) is 87.3 Å². The summed E-state index contributed by atoms with van der Waals surface area (Å²) in [6.07, 6.45) is 3.09. The van der Waals surface area contributed by atoms with E-state index in [2.05, 4.69) is 38.8 Å². The van der Waals surface area contributed by atoms with Crippen molar-refractivity contribution in [1.82, 2.24) is 5.32 Å². The minimum absolute atomic E-state index is 0.0613. The molecule has 0 heterocycles. The molecule has 0 spiro atoms. The van der Waals surface area contributed by atoms with Gasteiger partial charge in [0.1, 0.15) is 5.70 Å². The SMILES string of the molecule is CCc1cccc(C)c1NC(=O)C(CC)Sc1cccc(NC(=O)/C(=C\c2cccc(Br)c2)NC(=O)c2ccccc2)c1. The number of nitrogens with one attached hydrogen (secondary N) is 3. The molecule has 3 N–H and O–H groups in total. The van der Waals surface area contributed by atoms with Crippen molar-refractivity contribution in [2.24, 2.45) is 0 Å². The number of carbonyl (C=O) groups is 3. The first-order chi connectivity index (χ1) is 20.8. The minimum Gasteiger partial charge on any atom is -0.325 e. The third-order valence-corrected chi connectivity index (χ3v) is 8.56. The van der Waals surface area contributed by atoms with Crippen LogP contribution in [0.1, 0.15) is 47.3 Å². The zero-order valence-corrected chi connectivity index (χ0v) is 26.7. The lowest BCUT2D eigenvalue weighted by Gasteiger charge is -2.18. The van der Waals surface area contributed by atoms with Crippen molar-refractivity contribution in [2.75, 3.05) is 10.6 Å². The summed E-state index contributed by atoms with van der Waals surface area (Å²) in [6, 6.07) is 29.6. The molecule has 4 aromatic carbocycles. The number of anilines is 2. The lowest BCUT2D eigenvalue weighted by molar-refractivity contribution is -0.116. The quantitative estimate of drug-likeness (QED) is 0.112. The van der Waals surface area contributed by atoms with Crippen molar-refractivity contribution < 1.29 is 14.4 Å². The summed E-state index contributed by atoms with van der Waals surface area (Å²) in [5, 5.41) is 8.49. The monoisotopic (exact) mass is 655 g/mol. The Morgan fingerprint density at radius 3 is 2.33 bits per heavy atom. The maximum Gasteiger partial charge on any atom is 0.272 e. The van der Waals surface area contributed by atoms with Crippen LogP contribution in [-0.2, 0) is 16.0 Å². The van der Waals surface area contributed by atoms with Gasteiger partial charge in [-0.3, -0.25) is 14.4 Å². The van der Waals surface area contributed by atoms with Gasteiger partial charge in [0.15, 0.2) is 0 Å². The van der Waals surface area contributed by atoms with Crippen LogP contribution < -0.4 is 16.0 Å². The standard InChI is InChI=1S/C35H34BrN3O3S/c1-4-25-16-9-12-23(3)32(25)39-35(42)31(5-2)43-29-19-11-18-28(22-29)37-34(41)30(21-24-13-10-17-27(36)20-24)38-33(40)26-14-7-6-8-15-26/h6-22,31H,4-5H2,1-3H3,(H,37,41)(H,38,40)(H,39,42)/b30-21+. The van der Waals surface area contributed by atoms with Crippen molar-refractivity contribution in [3.8, 4) is 0 Å². The summed E-state index contributed by atoms with van der Waals surface area (Å²) < 4.78 is 0.850. The maximum atomic E-state index is 13.5. The fraction of sp³-hybridized carbons (Fsp3) is 0.171. The van der Waals surface area contributed by atoms with Gasteiger partial charge < -0.3 is 16.0 Å². The number of para-hydroxylation sites is 1. The van der Waals surface area contributed by atoms with Crippen LogP contribution in [0.3, 0.4) is 0 Å². The summed E-state index contributed by atoms with van der Waals surface area (Å²) in [6.45, 7) is 6.05. The van der Waals surface area contributed by atoms with Gasteiger partial charge >= 0.3 is 0 Å². The van der Waals surface area contributed by atoms with Crippen LogP contribution in [0, 0.1) is 6.92 Å². The van der Waals surface area contributed by atoms with Gasteiger partial charge in [0.2, 0.25) is 5.91 Å². The van der Waals surface area contributed by atoms with Gasteiger partial charge in [-0.25, -0.2) is 0 Å². The maximum absolute atomic E-state index is 13.5. The fourth-order valence-electron chi connectivity index (χ4n) is 4.44.